The van der Waals surface area contributed by atoms with Crippen molar-refractivity contribution in [1.29, 1.82) is 5.26 Å². The van der Waals surface area contributed by atoms with E-state index in [0.29, 0.717) is 0 Å². The van der Waals surface area contributed by atoms with Crippen LogP contribution in [-0.4, -0.2) is 14.9 Å². The molecule has 0 fully saturated rings. The van der Waals surface area contributed by atoms with E-state index in [4.69, 9.17) is 10.4 Å². The smallest absolute Gasteiger partial charge is 0.390 e. The highest BCUT2D eigenvalue weighted by Gasteiger charge is 2.37. The molecule has 4 nitrogen and oxygen atoms in total. The average Bonchev–Trinajstić information content (AvgIpc) is 2.85. The van der Waals surface area contributed by atoms with Crippen molar-refractivity contribution in [2.45, 2.75) is 12.8 Å². The Hall–Kier alpha value is -2.33. The van der Waals surface area contributed by atoms with E-state index in [1.54, 1.807) is 0 Å². The highest BCUT2D eigenvalue weighted by Crippen LogP contribution is 2.36. The zero-order valence-electron chi connectivity index (χ0n) is 9.52. The van der Waals surface area contributed by atoms with Crippen LogP contribution in [0.2, 0.25) is 0 Å². The molecule has 1 aromatic heterocycles. The molecule has 0 unspecified atom stereocenters. The Labute approximate surface area is 106 Å². The number of rotatable bonds is 2. The third-order valence-electron chi connectivity index (χ3n) is 2.50. The summed E-state index contributed by atoms with van der Waals surface area (Å²) in [5, 5.41) is 21.5. The Morgan fingerprint density at radius 1 is 1.32 bits per heavy atom. The summed E-state index contributed by atoms with van der Waals surface area (Å²) in [6.07, 6.45) is -3.36. The number of nitriles is 1. The second-order valence-electron chi connectivity index (χ2n) is 3.72. The van der Waals surface area contributed by atoms with Gasteiger partial charge in [0.2, 0.25) is 0 Å². The van der Waals surface area contributed by atoms with Crippen LogP contribution in [0.25, 0.3) is 5.69 Å². The lowest BCUT2D eigenvalue weighted by Gasteiger charge is -2.14. The maximum absolute atomic E-state index is 13.0. The van der Waals surface area contributed by atoms with E-state index in [9.17, 15) is 13.2 Å². The van der Waals surface area contributed by atoms with E-state index in [0.717, 1.165) is 10.7 Å². The van der Waals surface area contributed by atoms with Crippen LogP contribution >= 0.6 is 0 Å². The molecule has 1 N–H and O–H groups in total. The zero-order valence-corrected chi connectivity index (χ0v) is 9.52. The SMILES string of the molecule is N#Cc1cccc(-n2ccc(CO)n2)c1C(F)(F)F. The lowest BCUT2D eigenvalue weighted by Crippen LogP contribution is -2.13. The summed E-state index contributed by atoms with van der Waals surface area (Å²) >= 11 is 0. The van der Waals surface area contributed by atoms with Crippen molar-refractivity contribution in [1.82, 2.24) is 9.78 Å². The van der Waals surface area contributed by atoms with Gasteiger partial charge in [-0.2, -0.15) is 23.5 Å². The molecule has 19 heavy (non-hydrogen) atoms. The van der Waals surface area contributed by atoms with Crippen LogP contribution in [0.3, 0.4) is 0 Å². The fraction of sp³-hybridized carbons (Fsp3) is 0.167. The van der Waals surface area contributed by atoms with Crippen LogP contribution in [0.5, 0.6) is 0 Å². The molecule has 0 aliphatic heterocycles. The number of aliphatic hydroxyl groups is 1. The Balaban J connectivity index is 2.67. The fourth-order valence-corrected chi connectivity index (χ4v) is 1.70. The average molecular weight is 267 g/mol. The first-order valence-electron chi connectivity index (χ1n) is 5.23. The summed E-state index contributed by atoms with van der Waals surface area (Å²) < 4.78 is 40.1. The quantitative estimate of drug-likeness (QED) is 0.907. The van der Waals surface area contributed by atoms with Gasteiger partial charge in [0.25, 0.3) is 0 Å². The number of hydrogen-bond donors (Lipinski definition) is 1. The van der Waals surface area contributed by atoms with Gasteiger partial charge in [-0.3, -0.25) is 0 Å². The van der Waals surface area contributed by atoms with E-state index in [-0.39, 0.29) is 18.0 Å². The fourth-order valence-electron chi connectivity index (χ4n) is 1.70. The molecule has 1 aromatic carbocycles. The molecule has 7 heteroatoms. The Morgan fingerprint density at radius 3 is 2.58 bits per heavy atom. The number of aromatic nitrogens is 2. The van der Waals surface area contributed by atoms with E-state index < -0.39 is 17.3 Å². The summed E-state index contributed by atoms with van der Waals surface area (Å²) in [5.41, 5.74) is -1.50. The molecule has 0 amide bonds. The third-order valence-corrected chi connectivity index (χ3v) is 2.50. The van der Waals surface area contributed by atoms with Crippen LogP contribution in [0.4, 0.5) is 13.2 Å². The molecule has 0 saturated carbocycles. The molecule has 2 aromatic rings. The minimum absolute atomic E-state index is 0.244. The molecule has 0 saturated heterocycles. The lowest BCUT2D eigenvalue weighted by atomic mass is 10.1. The first kappa shape index (κ1) is 13.1. The first-order valence-corrected chi connectivity index (χ1v) is 5.23. The summed E-state index contributed by atoms with van der Waals surface area (Å²) in [6, 6.07) is 6.60. The second-order valence-corrected chi connectivity index (χ2v) is 3.72. The highest BCUT2D eigenvalue weighted by atomic mass is 19.4. The summed E-state index contributed by atoms with van der Waals surface area (Å²) in [5.74, 6) is 0. The summed E-state index contributed by atoms with van der Waals surface area (Å²) in [4.78, 5) is 0. The van der Waals surface area contributed by atoms with Gasteiger partial charge in [-0.1, -0.05) is 6.07 Å². The predicted octanol–water partition coefficient (Wildman–Crippen LogP) is 2.26. The molecule has 0 radical (unpaired) electrons. The molecule has 0 aliphatic rings. The molecule has 1 heterocycles. The number of benzene rings is 1. The van der Waals surface area contributed by atoms with Gasteiger partial charge in [-0.05, 0) is 18.2 Å². The zero-order chi connectivity index (χ0) is 14.0. The van der Waals surface area contributed by atoms with Gasteiger partial charge >= 0.3 is 6.18 Å². The molecule has 2 rings (SSSR count). The Kier molecular flexibility index (Phi) is 3.27. The Morgan fingerprint density at radius 2 is 2.05 bits per heavy atom. The molecule has 98 valence electrons. The van der Waals surface area contributed by atoms with E-state index in [1.165, 1.54) is 30.5 Å². The molecule has 0 bridgehead atoms. The van der Waals surface area contributed by atoms with Crippen LogP contribution in [0, 0.1) is 11.3 Å². The van der Waals surface area contributed by atoms with E-state index in [1.807, 2.05) is 0 Å². The van der Waals surface area contributed by atoms with Crippen molar-refractivity contribution in [2.75, 3.05) is 0 Å². The number of alkyl halides is 3. The van der Waals surface area contributed by atoms with E-state index in [2.05, 4.69) is 5.10 Å². The van der Waals surface area contributed by atoms with Gasteiger partial charge in [0.1, 0.15) is 0 Å². The van der Waals surface area contributed by atoms with Gasteiger partial charge in [0.05, 0.1) is 35.2 Å². The van der Waals surface area contributed by atoms with E-state index >= 15 is 0 Å². The van der Waals surface area contributed by atoms with Gasteiger partial charge < -0.3 is 5.11 Å². The normalized spacial score (nSPS) is 11.3. The molecule has 0 spiro atoms. The van der Waals surface area contributed by atoms with Crippen LogP contribution in [-0.2, 0) is 12.8 Å². The van der Waals surface area contributed by atoms with Gasteiger partial charge in [-0.25, -0.2) is 4.68 Å². The maximum Gasteiger partial charge on any atom is 0.419 e. The largest absolute Gasteiger partial charge is 0.419 e. The summed E-state index contributed by atoms with van der Waals surface area (Å²) in [7, 11) is 0. The van der Waals surface area contributed by atoms with Crippen molar-refractivity contribution in [3.63, 3.8) is 0 Å². The minimum atomic E-state index is -4.66. The minimum Gasteiger partial charge on any atom is -0.390 e. The van der Waals surface area contributed by atoms with Crippen molar-refractivity contribution >= 4 is 0 Å². The van der Waals surface area contributed by atoms with Gasteiger partial charge in [0.15, 0.2) is 0 Å². The molecule has 0 atom stereocenters. The van der Waals surface area contributed by atoms with Gasteiger partial charge in [-0.15, -0.1) is 0 Å². The number of nitrogens with zero attached hydrogens (tertiary/aromatic N) is 3. The summed E-state index contributed by atoms with van der Waals surface area (Å²) in [6.45, 7) is -0.369. The third kappa shape index (κ3) is 2.44. The van der Waals surface area contributed by atoms with Crippen molar-refractivity contribution in [3.8, 4) is 11.8 Å². The first-order chi connectivity index (χ1) is 8.97. The second kappa shape index (κ2) is 4.74. The highest BCUT2D eigenvalue weighted by molar-refractivity contribution is 5.52. The predicted molar refractivity (Wildman–Crippen MR) is 59.2 cm³/mol. The van der Waals surface area contributed by atoms with Crippen LogP contribution in [0.1, 0.15) is 16.8 Å². The number of aliphatic hydroxyl groups excluding tert-OH is 1. The molecular weight excluding hydrogens is 259 g/mol. The molecular formula is C12H8F3N3O. The van der Waals surface area contributed by atoms with Crippen LogP contribution < -0.4 is 0 Å². The van der Waals surface area contributed by atoms with Crippen molar-refractivity contribution < 1.29 is 18.3 Å². The lowest BCUT2D eigenvalue weighted by molar-refractivity contribution is -0.137. The number of hydrogen-bond acceptors (Lipinski definition) is 3. The Bertz CT molecular complexity index is 640. The monoisotopic (exact) mass is 267 g/mol. The molecule has 0 aliphatic carbocycles. The van der Waals surface area contributed by atoms with Gasteiger partial charge in [0, 0.05) is 6.20 Å². The van der Waals surface area contributed by atoms with Crippen molar-refractivity contribution in [3.05, 3.63) is 47.3 Å². The topological polar surface area (TPSA) is 61.8 Å². The maximum atomic E-state index is 13.0. The number of halogens is 3. The standard InChI is InChI=1S/C12H8F3N3O/c13-12(14,15)11-8(6-16)2-1-3-10(11)18-5-4-9(7-19)17-18/h1-5,19H,7H2. The van der Waals surface area contributed by atoms with Crippen LogP contribution in [0.15, 0.2) is 30.5 Å². The van der Waals surface area contributed by atoms with Crippen molar-refractivity contribution in [2.24, 2.45) is 0 Å².